The standard InChI is InChI=1S/C20H17F2N3O3/c1-27-16-4-2-3-12(7-16)20-23-19(24-28-20)14-8-18(26)25(11-14)10-13-5-6-15(21)9-17(13)22/h2-7,9,14H,8,10-11H2,1H3. The van der Waals surface area contributed by atoms with Crippen molar-refractivity contribution in [3.05, 3.63) is 65.5 Å². The van der Waals surface area contributed by atoms with Crippen molar-refractivity contribution in [2.75, 3.05) is 13.7 Å². The Morgan fingerprint density at radius 1 is 1.25 bits per heavy atom. The maximum absolute atomic E-state index is 13.9. The summed E-state index contributed by atoms with van der Waals surface area (Å²) in [7, 11) is 1.57. The lowest BCUT2D eigenvalue weighted by atomic mass is 10.1. The molecule has 0 bridgehead atoms. The average Bonchev–Trinajstić information content (AvgIpc) is 3.31. The van der Waals surface area contributed by atoms with Crippen LogP contribution in [-0.4, -0.2) is 34.6 Å². The molecule has 0 spiro atoms. The number of aromatic nitrogens is 2. The van der Waals surface area contributed by atoms with E-state index in [0.29, 0.717) is 29.6 Å². The van der Waals surface area contributed by atoms with Crippen LogP contribution in [0.1, 0.15) is 23.7 Å². The van der Waals surface area contributed by atoms with Gasteiger partial charge in [0.2, 0.25) is 5.91 Å². The first-order chi connectivity index (χ1) is 13.5. The van der Waals surface area contributed by atoms with Crippen LogP contribution >= 0.6 is 0 Å². The number of ether oxygens (including phenoxy) is 1. The molecule has 3 aromatic rings. The van der Waals surface area contributed by atoms with Gasteiger partial charge in [-0.1, -0.05) is 17.3 Å². The number of hydrogen-bond acceptors (Lipinski definition) is 5. The Morgan fingerprint density at radius 3 is 2.89 bits per heavy atom. The summed E-state index contributed by atoms with van der Waals surface area (Å²) in [5.74, 6) is -0.279. The van der Waals surface area contributed by atoms with Crippen LogP contribution in [0.15, 0.2) is 47.0 Å². The molecule has 0 saturated carbocycles. The second-order valence-corrected chi connectivity index (χ2v) is 6.60. The van der Waals surface area contributed by atoms with Gasteiger partial charge in [-0.3, -0.25) is 4.79 Å². The SMILES string of the molecule is COc1cccc(-c2nc(C3CC(=O)N(Cc4ccc(F)cc4F)C3)no2)c1. The molecule has 8 heteroatoms. The van der Waals surface area contributed by atoms with Gasteiger partial charge in [0.05, 0.1) is 7.11 Å². The monoisotopic (exact) mass is 385 g/mol. The molecule has 0 N–H and O–H groups in total. The molecule has 6 nitrogen and oxygen atoms in total. The molecule has 1 aliphatic heterocycles. The summed E-state index contributed by atoms with van der Waals surface area (Å²) in [6.07, 6.45) is 0.208. The van der Waals surface area contributed by atoms with Crippen LogP contribution in [-0.2, 0) is 11.3 Å². The van der Waals surface area contributed by atoms with Crippen LogP contribution in [0.25, 0.3) is 11.5 Å². The highest BCUT2D eigenvalue weighted by Crippen LogP contribution is 2.30. The minimum Gasteiger partial charge on any atom is -0.497 e. The van der Waals surface area contributed by atoms with Crippen molar-refractivity contribution in [3.8, 4) is 17.2 Å². The number of carbonyl (C=O) groups is 1. The number of hydrogen-bond donors (Lipinski definition) is 0. The first-order valence-corrected chi connectivity index (χ1v) is 8.73. The van der Waals surface area contributed by atoms with E-state index in [4.69, 9.17) is 9.26 Å². The molecule has 1 aromatic heterocycles. The summed E-state index contributed by atoms with van der Waals surface area (Å²) in [6.45, 7) is 0.411. The van der Waals surface area contributed by atoms with E-state index in [1.165, 1.54) is 17.0 Å². The van der Waals surface area contributed by atoms with Crippen LogP contribution < -0.4 is 4.74 Å². The van der Waals surface area contributed by atoms with Crippen LogP contribution in [0.2, 0.25) is 0 Å². The molecule has 4 rings (SSSR count). The van der Waals surface area contributed by atoms with E-state index in [9.17, 15) is 13.6 Å². The molecule has 2 heterocycles. The van der Waals surface area contributed by atoms with Crippen molar-refractivity contribution in [1.82, 2.24) is 15.0 Å². The third-order valence-electron chi connectivity index (χ3n) is 4.71. The van der Waals surface area contributed by atoms with E-state index in [2.05, 4.69) is 10.1 Å². The highest BCUT2D eigenvalue weighted by Gasteiger charge is 2.34. The van der Waals surface area contributed by atoms with Crippen LogP contribution in [0.4, 0.5) is 8.78 Å². The van der Waals surface area contributed by atoms with Crippen molar-refractivity contribution < 1.29 is 22.8 Å². The average molecular weight is 385 g/mol. The summed E-state index contributed by atoms with van der Waals surface area (Å²) < 4.78 is 37.5. The minimum absolute atomic E-state index is 0.0715. The van der Waals surface area contributed by atoms with E-state index in [1.54, 1.807) is 13.2 Å². The van der Waals surface area contributed by atoms with Gasteiger partial charge in [-0.05, 0) is 24.3 Å². The zero-order valence-corrected chi connectivity index (χ0v) is 15.1. The molecular formula is C20H17F2N3O3. The van der Waals surface area contributed by atoms with E-state index in [0.717, 1.165) is 6.07 Å². The fourth-order valence-corrected chi connectivity index (χ4v) is 3.23. The molecular weight excluding hydrogens is 368 g/mol. The maximum Gasteiger partial charge on any atom is 0.258 e. The fraction of sp³-hybridized carbons (Fsp3) is 0.250. The quantitative estimate of drug-likeness (QED) is 0.672. The predicted molar refractivity (Wildman–Crippen MR) is 95.4 cm³/mol. The Labute approximate surface area is 159 Å². The topological polar surface area (TPSA) is 68.5 Å². The minimum atomic E-state index is -0.670. The van der Waals surface area contributed by atoms with E-state index >= 15 is 0 Å². The zero-order chi connectivity index (χ0) is 19.7. The molecule has 0 radical (unpaired) electrons. The third-order valence-corrected chi connectivity index (χ3v) is 4.71. The second-order valence-electron chi connectivity index (χ2n) is 6.60. The van der Waals surface area contributed by atoms with Crippen molar-refractivity contribution in [1.29, 1.82) is 0 Å². The zero-order valence-electron chi connectivity index (χ0n) is 15.1. The molecule has 1 amide bonds. The summed E-state index contributed by atoms with van der Waals surface area (Å²) in [5, 5.41) is 4.01. The molecule has 1 saturated heterocycles. The lowest BCUT2D eigenvalue weighted by molar-refractivity contribution is -0.128. The van der Waals surface area contributed by atoms with Crippen molar-refractivity contribution >= 4 is 5.91 Å². The molecule has 0 aliphatic carbocycles. The van der Waals surface area contributed by atoms with Crippen molar-refractivity contribution in [2.45, 2.75) is 18.9 Å². The van der Waals surface area contributed by atoms with Crippen LogP contribution in [0.3, 0.4) is 0 Å². The van der Waals surface area contributed by atoms with E-state index in [-0.39, 0.29) is 30.4 Å². The first kappa shape index (κ1) is 18.1. The Morgan fingerprint density at radius 2 is 2.11 bits per heavy atom. The Hall–Kier alpha value is -3.29. The molecule has 1 unspecified atom stereocenters. The number of benzene rings is 2. The number of likely N-dealkylation sites (tertiary alicyclic amines) is 1. The molecule has 1 fully saturated rings. The van der Waals surface area contributed by atoms with E-state index < -0.39 is 11.6 Å². The molecule has 28 heavy (non-hydrogen) atoms. The Bertz CT molecular complexity index is 1020. The smallest absolute Gasteiger partial charge is 0.258 e. The summed E-state index contributed by atoms with van der Waals surface area (Å²) in [4.78, 5) is 18.3. The van der Waals surface area contributed by atoms with Gasteiger partial charge in [-0.15, -0.1) is 0 Å². The molecule has 1 atom stereocenters. The maximum atomic E-state index is 13.9. The number of carbonyl (C=O) groups excluding carboxylic acids is 1. The highest BCUT2D eigenvalue weighted by atomic mass is 19.1. The summed E-state index contributed by atoms with van der Waals surface area (Å²) in [6, 6.07) is 10.6. The lowest BCUT2D eigenvalue weighted by Gasteiger charge is -2.16. The highest BCUT2D eigenvalue weighted by molar-refractivity contribution is 5.79. The predicted octanol–water partition coefficient (Wildman–Crippen LogP) is 3.54. The normalized spacial score (nSPS) is 16.6. The van der Waals surface area contributed by atoms with Gasteiger partial charge in [-0.2, -0.15) is 4.98 Å². The van der Waals surface area contributed by atoms with Crippen molar-refractivity contribution in [2.24, 2.45) is 0 Å². The van der Waals surface area contributed by atoms with Gasteiger partial charge >= 0.3 is 0 Å². The Kier molecular flexibility index (Phi) is 4.77. The molecule has 2 aromatic carbocycles. The number of nitrogens with zero attached hydrogens (tertiary/aromatic N) is 3. The van der Waals surface area contributed by atoms with Gasteiger partial charge in [0.1, 0.15) is 17.4 Å². The second kappa shape index (κ2) is 7.38. The van der Waals surface area contributed by atoms with Gasteiger partial charge in [0.25, 0.3) is 5.89 Å². The van der Waals surface area contributed by atoms with Crippen LogP contribution in [0.5, 0.6) is 5.75 Å². The van der Waals surface area contributed by atoms with Crippen molar-refractivity contribution in [3.63, 3.8) is 0 Å². The summed E-state index contributed by atoms with van der Waals surface area (Å²) in [5.41, 5.74) is 0.980. The number of methoxy groups -OCH3 is 1. The summed E-state index contributed by atoms with van der Waals surface area (Å²) >= 11 is 0. The Balaban J connectivity index is 1.49. The number of amides is 1. The third kappa shape index (κ3) is 3.58. The fourth-order valence-electron chi connectivity index (χ4n) is 3.23. The van der Waals surface area contributed by atoms with Gasteiger partial charge in [0.15, 0.2) is 5.82 Å². The number of halogens is 2. The number of rotatable bonds is 5. The molecule has 144 valence electrons. The van der Waals surface area contributed by atoms with E-state index in [1.807, 2.05) is 18.2 Å². The van der Waals surface area contributed by atoms with Gasteiger partial charge in [-0.25, -0.2) is 8.78 Å². The van der Waals surface area contributed by atoms with Crippen LogP contribution in [0, 0.1) is 11.6 Å². The van der Waals surface area contributed by atoms with Gasteiger partial charge < -0.3 is 14.2 Å². The largest absolute Gasteiger partial charge is 0.497 e. The molecule has 1 aliphatic rings. The lowest BCUT2D eigenvalue weighted by Crippen LogP contribution is -2.25. The van der Waals surface area contributed by atoms with Gasteiger partial charge in [0, 0.05) is 42.6 Å². The first-order valence-electron chi connectivity index (χ1n) is 8.73.